The summed E-state index contributed by atoms with van der Waals surface area (Å²) in [4.78, 5) is 10.2. The summed E-state index contributed by atoms with van der Waals surface area (Å²) in [5, 5.41) is 8.64. The molecule has 0 N–H and O–H groups in total. The van der Waals surface area contributed by atoms with Crippen LogP contribution in [0, 0.1) is 0 Å². The van der Waals surface area contributed by atoms with E-state index in [4.69, 9.17) is 9.97 Å². The molecule has 11 rings (SSSR count). The molecule has 212 valence electrons. The molecule has 4 heteroatoms. The third-order valence-electron chi connectivity index (χ3n) is 9.80. The summed E-state index contributed by atoms with van der Waals surface area (Å²) in [5.74, 6) is 0.737. The Hall–Kier alpha value is -6.26. The molecular formula is C42H24N4. The van der Waals surface area contributed by atoms with Crippen LogP contribution in [0.5, 0.6) is 0 Å². The number of hydrogen-bond donors (Lipinski definition) is 0. The van der Waals surface area contributed by atoms with Crippen molar-refractivity contribution >= 4 is 76.3 Å². The maximum absolute atomic E-state index is 5.23. The van der Waals surface area contributed by atoms with Crippen LogP contribution < -0.4 is 0 Å². The Labute approximate surface area is 262 Å². The van der Waals surface area contributed by atoms with Crippen LogP contribution in [-0.2, 0) is 0 Å². The number of fused-ring (bicyclic) bond motifs is 13. The van der Waals surface area contributed by atoms with E-state index in [1.54, 1.807) is 0 Å². The van der Waals surface area contributed by atoms with Crippen LogP contribution >= 0.6 is 0 Å². The maximum atomic E-state index is 5.23. The van der Waals surface area contributed by atoms with Gasteiger partial charge in [0.15, 0.2) is 5.82 Å². The van der Waals surface area contributed by atoms with Gasteiger partial charge in [0.1, 0.15) is 0 Å². The van der Waals surface area contributed by atoms with Crippen molar-refractivity contribution in [2.75, 3.05) is 0 Å². The Morgan fingerprint density at radius 1 is 0.370 bits per heavy atom. The van der Waals surface area contributed by atoms with Gasteiger partial charge in [0.25, 0.3) is 0 Å². The molecule has 0 saturated heterocycles. The molecule has 4 nitrogen and oxygen atoms in total. The zero-order valence-corrected chi connectivity index (χ0v) is 24.6. The molecule has 4 heterocycles. The maximum Gasteiger partial charge on any atom is 0.160 e. The van der Waals surface area contributed by atoms with Gasteiger partial charge in [-0.15, -0.1) is 0 Å². The summed E-state index contributed by atoms with van der Waals surface area (Å²) < 4.78 is 4.97. The SMILES string of the molecule is c1ccc(-c2nc(-c3ccc4c(c3)c3c5ccccc5n5c6ccccc6n6c7ccccc7c4c6c35)c3ccccc3n2)cc1. The van der Waals surface area contributed by atoms with E-state index in [0.29, 0.717) is 0 Å². The first-order chi connectivity index (χ1) is 22.8. The average Bonchev–Trinajstić information content (AvgIpc) is 3.66. The minimum Gasteiger partial charge on any atom is -0.305 e. The van der Waals surface area contributed by atoms with Crippen molar-refractivity contribution in [1.82, 2.24) is 18.8 Å². The van der Waals surface area contributed by atoms with E-state index in [0.717, 1.165) is 33.5 Å². The number of hydrogen-bond acceptors (Lipinski definition) is 2. The molecule has 0 saturated carbocycles. The van der Waals surface area contributed by atoms with Crippen molar-refractivity contribution in [3.05, 3.63) is 146 Å². The van der Waals surface area contributed by atoms with Crippen LogP contribution in [0.25, 0.3) is 99.0 Å². The number of rotatable bonds is 2. The van der Waals surface area contributed by atoms with Crippen molar-refractivity contribution < 1.29 is 0 Å². The Balaban J connectivity index is 1.37. The van der Waals surface area contributed by atoms with E-state index in [1.807, 2.05) is 18.2 Å². The Bertz CT molecular complexity index is 3010. The van der Waals surface area contributed by atoms with Gasteiger partial charge in [0, 0.05) is 38.1 Å². The van der Waals surface area contributed by atoms with Crippen LogP contribution in [-0.4, -0.2) is 18.8 Å². The van der Waals surface area contributed by atoms with Crippen molar-refractivity contribution in [3.8, 4) is 22.6 Å². The third-order valence-corrected chi connectivity index (χ3v) is 9.80. The smallest absolute Gasteiger partial charge is 0.160 e. The molecule has 0 fully saturated rings. The number of aromatic nitrogens is 4. The fraction of sp³-hybridized carbons (Fsp3) is 0. The van der Waals surface area contributed by atoms with E-state index in [9.17, 15) is 0 Å². The molecule has 0 amide bonds. The second-order valence-electron chi connectivity index (χ2n) is 12.2. The van der Waals surface area contributed by atoms with Gasteiger partial charge in [0.05, 0.1) is 44.3 Å². The zero-order chi connectivity index (χ0) is 29.9. The van der Waals surface area contributed by atoms with Crippen LogP contribution in [0.4, 0.5) is 0 Å². The molecule has 0 radical (unpaired) electrons. The van der Waals surface area contributed by atoms with E-state index in [-0.39, 0.29) is 0 Å². The molecule has 0 aliphatic heterocycles. The highest BCUT2D eigenvalue weighted by atomic mass is 15.0. The van der Waals surface area contributed by atoms with E-state index >= 15 is 0 Å². The van der Waals surface area contributed by atoms with Crippen LogP contribution in [0.15, 0.2) is 146 Å². The molecule has 0 bridgehead atoms. The highest BCUT2D eigenvalue weighted by molar-refractivity contribution is 6.37. The second-order valence-corrected chi connectivity index (χ2v) is 12.2. The summed E-state index contributed by atoms with van der Waals surface area (Å²) in [6.45, 7) is 0. The Morgan fingerprint density at radius 3 is 1.59 bits per heavy atom. The van der Waals surface area contributed by atoms with Gasteiger partial charge >= 0.3 is 0 Å². The Morgan fingerprint density at radius 2 is 0.913 bits per heavy atom. The fourth-order valence-corrected chi connectivity index (χ4v) is 7.95. The summed E-state index contributed by atoms with van der Waals surface area (Å²) >= 11 is 0. The van der Waals surface area contributed by atoms with Gasteiger partial charge in [-0.1, -0.05) is 109 Å². The lowest BCUT2D eigenvalue weighted by atomic mass is 9.95. The van der Waals surface area contributed by atoms with Gasteiger partial charge in [-0.2, -0.15) is 0 Å². The van der Waals surface area contributed by atoms with E-state index in [1.165, 1.54) is 65.4 Å². The lowest BCUT2D eigenvalue weighted by molar-refractivity contribution is 1.23. The first-order valence-corrected chi connectivity index (χ1v) is 15.7. The van der Waals surface area contributed by atoms with Crippen molar-refractivity contribution in [2.45, 2.75) is 0 Å². The lowest BCUT2D eigenvalue weighted by Crippen LogP contribution is -1.97. The van der Waals surface area contributed by atoms with Gasteiger partial charge < -0.3 is 8.80 Å². The normalized spacial score (nSPS) is 12.3. The highest BCUT2D eigenvalue weighted by Crippen LogP contribution is 2.47. The first-order valence-electron chi connectivity index (χ1n) is 15.7. The zero-order valence-electron chi connectivity index (χ0n) is 24.6. The summed E-state index contributed by atoms with van der Waals surface area (Å²) in [6, 6.07) is 52.1. The number of nitrogens with zero attached hydrogens (tertiary/aromatic N) is 4. The lowest BCUT2D eigenvalue weighted by Gasteiger charge is -2.14. The Kier molecular flexibility index (Phi) is 4.55. The molecule has 11 aromatic rings. The largest absolute Gasteiger partial charge is 0.305 e. The molecule has 0 unspecified atom stereocenters. The minimum absolute atomic E-state index is 0.737. The van der Waals surface area contributed by atoms with Gasteiger partial charge in [-0.3, -0.25) is 0 Å². The molecule has 0 aliphatic carbocycles. The van der Waals surface area contributed by atoms with Crippen molar-refractivity contribution in [3.63, 3.8) is 0 Å². The molecule has 46 heavy (non-hydrogen) atoms. The summed E-state index contributed by atoms with van der Waals surface area (Å²) in [5.41, 5.74) is 11.4. The predicted molar refractivity (Wildman–Crippen MR) is 191 cm³/mol. The van der Waals surface area contributed by atoms with Gasteiger partial charge in [-0.25, -0.2) is 9.97 Å². The fourth-order valence-electron chi connectivity index (χ4n) is 7.95. The van der Waals surface area contributed by atoms with E-state index < -0.39 is 0 Å². The molecule has 4 aromatic heterocycles. The highest BCUT2D eigenvalue weighted by Gasteiger charge is 2.25. The standard InChI is InChI=1S/C42H24N4/c1-2-12-25(13-3-1)42-43-32-17-7-4-14-28(32)39(44-42)26-22-23-27-31(24-26)38-30-16-6-9-19-34(30)46-36-21-11-10-20-35(36)45-33-18-8-5-15-29(33)37(27)40(45)41(38)46/h1-24H. The quantitative estimate of drug-likeness (QED) is 0.189. The first kappa shape index (κ1) is 24.1. The number of benzene rings is 7. The summed E-state index contributed by atoms with van der Waals surface area (Å²) in [7, 11) is 0. The monoisotopic (exact) mass is 584 g/mol. The average molecular weight is 585 g/mol. The molecule has 7 aromatic carbocycles. The van der Waals surface area contributed by atoms with Crippen LogP contribution in [0.3, 0.4) is 0 Å². The predicted octanol–water partition coefficient (Wildman–Crippen LogP) is 10.7. The molecule has 0 aliphatic rings. The summed E-state index contributed by atoms with van der Waals surface area (Å²) in [6.07, 6.45) is 0. The second kappa shape index (κ2) is 8.68. The van der Waals surface area contributed by atoms with Crippen molar-refractivity contribution in [1.29, 1.82) is 0 Å². The van der Waals surface area contributed by atoms with Gasteiger partial charge in [-0.05, 0) is 47.2 Å². The van der Waals surface area contributed by atoms with Crippen LogP contribution in [0.2, 0.25) is 0 Å². The van der Waals surface area contributed by atoms with E-state index in [2.05, 4.69) is 136 Å². The minimum atomic E-state index is 0.737. The topological polar surface area (TPSA) is 34.6 Å². The molecular weight excluding hydrogens is 560 g/mol. The van der Waals surface area contributed by atoms with Crippen LogP contribution in [0.1, 0.15) is 0 Å². The van der Waals surface area contributed by atoms with Crippen molar-refractivity contribution in [2.24, 2.45) is 0 Å². The third kappa shape index (κ3) is 2.98. The van der Waals surface area contributed by atoms with Gasteiger partial charge in [0.2, 0.25) is 0 Å². The number of para-hydroxylation sites is 5. The molecule has 0 atom stereocenters. The molecule has 0 spiro atoms.